The molecule has 5 aromatic rings. The fraction of sp³-hybridized carbons (Fsp3) is 0.0400. The van der Waals surface area contributed by atoms with Gasteiger partial charge in [0.2, 0.25) is 0 Å². The molecule has 2 aromatic heterocycles. The van der Waals surface area contributed by atoms with Gasteiger partial charge in [0.05, 0.1) is 17.1 Å². The Labute approximate surface area is 184 Å². The lowest BCUT2D eigenvalue weighted by atomic mass is 10.1. The molecule has 0 bridgehead atoms. The van der Waals surface area contributed by atoms with Crippen molar-refractivity contribution < 1.29 is 4.74 Å². The Morgan fingerprint density at radius 1 is 0.806 bits per heavy atom. The second-order valence-corrected chi connectivity index (χ2v) is 7.61. The second kappa shape index (κ2) is 8.13. The van der Waals surface area contributed by atoms with Crippen molar-refractivity contribution in [2.75, 3.05) is 0 Å². The van der Waals surface area contributed by atoms with Gasteiger partial charge in [0.15, 0.2) is 0 Å². The van der Waals surface area contributed by atoms with Crippen LogP contribution in [0.4, 0.5) is 0 Å². The van der Waals surface area contributed by atoms with Crippen molar-refractivity contribution in [1.29, 1.82) is 0 Å². The molecule has 5 nitrogen and oxygen atoms in total. The molecule has 2 N–H and O–H groups in total. The Kier molecular flexibility index (Phi) is 5.02. The molecular formula is C25H19ClN4O. The van der Waals surface area contributed by atoms with Crippen LogP contribution in [0.3, 0.4) is 0 Å². The lowest BCUT2D eigenvalue weighted by Gasteiger charge is -2.08. The van der Waals surface area contributed by atoms with Crippen molar-refractivity contribution in [3.63, 3.8) is 0 Å². The number of halogens is 1. The molecule has 0 unspecified atom stereocenters. The van der Waals surface area contributed by atoms with Crippen molar-refractivity contribution in [3.8, 4) is 45.4 Å². The first-order valence-electron chi connectivity index (χ1n) is 9.86. The van der Waals surface area contributed by atoms with E-state index in [4.69, 9.17) is 21.3 Å². The molecule has 2 heterocycles. The van der Waals surface area contributed by atoms with E-state index in [-0.39, 0.29) is 0 Å². The largest absolute Gasteiger partial charge is 0.457 e. The van der Waals surface area contributed by atoms with Gasteiger partial charge in [-0.05, 0) is 67.1 Å². The van der Waals surface area contributed by atoms with Gasteiger partial charge in [-0.3, -0.25) is 5.10 Å². The molecule has 0 spiro atoms. The molecule has 152 valence electrons. The van der Waals surface area contributed by atoms with E-state index in [0.717, 1.165) is 51.1 Å². The molecule has 0 saturated carbocycles. The van der Waals surface area contributed by atoms with Gasteiger partial charge in [-0.1, -0.05) is 35.9 Å². The highest BCUT2D eigenvalue weighted by molar-refractivity contribution is 6.30. The van der Waals surface area contributed by atoms with Gasteiger partial charge in [0.25, 0.3) is 0 Å². The summed E-state index contributed by atoms with van der Waals surface area (Å²) in [7, 11) is 0. The van der Waals surface area contributed by atoms with Gasteiger partial charge < -0.3 is 9.72 Å². The van der Waals surface area contributed by atoms with E-state index >= 15 is 0 Å². The third kappa shape index (κ3) is 4.09. The molecule has 0 aliphatic heterocycles. The van der Waals surface area contributed by atoms with E-state index in [1.807, 2.05) is 85.8 Å². The van der Waals surface area contributed by atoms with Crippen LogP contribution in [0.25, 0.3) is 33.9 Å². The first kappa shape index (κ1) is 19.2. The molecule has 0 atom stereocenters. The normalized spacial score (nSPS) is 10.9. The number of hydrogen-bond donors (Lipinski definition) is 2. The number of rotatable bonds is 5. The first-order chi connectivity index (χ1) is 15.2. The Bertz CT molecular complexity index is 1310. The smallest absolute Gasteiger partial charge is 0.138 e. The van der Waals surface area contributed by atoms with E-state index in [0.29, 0.717) is 5.02 Å². The number of hydrogen-bond acceptors (Lipinski definition) is 3. The maximum atomic E-state index is 6.04. The van der Waals surface area contributed by atoms with E-state index in [2.05, 4.69) is 15.2 Å². The fourth-order valence-corrected chi connectivity index (χ4v) is 3.58. The van der Waals surface area contributed by atoms with Crippen LogP contribution < -0.4 is 4.74 Å². The van der Waals surface area contributed by atoms with Gasteiger partial charge in [-0.2, -0.15) is 5.10 Å². The third-order valence-corrected chi connectivity index (χ3v) is 5.28. The Morgan fingerprint density at radius 2 is 1.58 bits per heavy atom. The molecular weight excluding hydrogens is 408 g/mol. The number of nitrogens with one attached hydrogen (secondary N) is 2. The molecule has 0 saturated heterocycles. The summed E-state index contributed by atoms with van der Waals surface area (Å²) >= 11 is 6.01. The lowest BCUT2D eigenvalue weighted by Crippen LogP contribution is -1.87. The summed E-state index contributed by atoms with van der Waals surface area (Å²) in [5, 5.41) is 7.68. The van der Waals surface area contributed by atoms with E-state index in [1.165, 1.54) is 0 Å². The van der Waals surface area contributed by atoms with Gasteiger partial charge >= 0.3 is 0 Å². The van der Waals surface area contributed by atoms with Crippen LogP contribution in [0.5, 0.6) is 11.5 Å². The highest BCUT2D eigenvalue weighted by atomic mass is 35.5. The second-order valence-electron chi connectivity index (χ2n) is 7.18. The van der Waals surface area contributed by atoms with Crippen LogP contribution in [-0.4, -0.2) is 20.2 Å². The maximum Gasteiger partial charge on any atom is 0.138 e. The van der Waals surface area contributed by atoms with Crippen LogP contribution in [0, 0.1) is 6.92 Å². The monoisotopic (exact) mass is 426 g/mol. The molecule has 31 heavy (non-hydrogen) atoms. The molecule has 0 fully saturated rings. The van der Waals surface area contributed by atoms with Gasteiger partial charge in [0.1, 0.15) is 17.3 Å². The highest BCUT2D eigenvalue weighted by Gasteiger charge is 2.11. The number of aromatic nitrogens is 4. The predicted molar refractivity (Wildman–Crippen MR) is 123 cm³/mol. The van der Waals surface area contributed by atoms with Gasteiger partial charge in [0, 0.05) is 22.3 Å². The topological polar surface area (TPSA) is 66.6 Å². The molecule has 0 aliphatic rings. The van der Waals surface area contributed by atoms with Crippen LogP contribution in [0.2, 0.25) is 5.02 Å². The number of H-pyrrole nitrogens is 2. The molecule has 6 heteroatoms. The SMILES string of the molecule is Cc1nc(-c2ccc(Oc3cccc(-c4ccn[nH]4)c3)cc2)[nH]c1-c1ccc(Cl)cc1. The zero-order valence-electron chi connectivity index (χ0n) is 16.8. The van der Waals surface area contributed by atoms with Crippen molar-refractivity contribution in [2.45, 2.75) is 6.92 Å². The van der Waals surface area contributed by atoms with Crippen molar-refractivity contribution in [2.24, 2.45) is 0 Å². The summed E-state index contributed by atoms with van der Waals surface area (Å²) in [5.41, 5.74) is 5.94. The summed E-state index contributed by atoms with van der Waals surface area (Å²) in [6, 6.07) is 25.4. The molecule has 5 rings (SSSR count). The molecule has 0 radical (unpaired) electrons. The number of benzene rings is 3. The zero-order valence-corrected chi connectivity index (χ0v) is 17.5. The average Bonchev–Trinajstić information content (AvgIpc) is 3.46. The number of aromatic amines is 2. The summed E-state index contributed by atoms with van der Waals surface area (Å²) in [6.45, 7) is 1.99. The summed E-state index contributed by atoms with van der Waals surface area (Å²) < 4.78 is 6.04. The number of nitrogens with zero attached hydrogens (tertiary/aromatic N) is 2. The number of ether oxygens (including phenoxy) is 1. The standard InChI is InChI=1S/C25H19ClN4O/c1-16-24(17-5-9-20(26)10-6-17)29-25(28-16)18-7-11-21(12-8-18)31-22-4-2-3-19(15-22)23-13-14-27-30-23/h2-15H,1H3,(H,27,30)(H,28,29). The van der Waals surface area contributed by atoms with Crippen molar-refractivity contribution in [1.82, 2.24) is 20.2 Å². The highest BCUT2D eigenvalue weighted by Crippen LogP contribution is 2.30. The van der Waals surface area contributed by atoms with E-state index in [1.54, 1.807) is 6.20 Å². The van der Waals surface area contributed by atoms with Gasteiger partial charge in [-0.15, -0.1) is 0 Å². The third-order valence-electron chi connectivity index (χ3n) is 5.03. The lowest BCUT2D eigenvalue weighted by molar-refractivity contribution is 0.483. The van der Waals surface area contributed by atoms with Crippen molar-refractivity contribution in [3.05, 3.63) is 95.8 Å². The van der Waals surface area contributed by atoms with Crippen molar-refractivity contribution >= 4 is 11.6 Å². The quantitative estimate of drug-likeness (QED) is 0.321. The molecule has 3 aromatic carbocycles. The Hall–Kier alpha value is -3.83. The minimum Gasteiger partial charge on any atom is -0.457 e. The Balaban J connectivity index is 1.36. The van der Waals surface area contributed by atoms with Crippen LogP contribution in [-0.2, 0) is 0 Å². The van der Waals surface area contributed by atoms with E-state index in [9.17, 15) is 0 Å². The summed E-state index contributed by atoms with van der Waals surface area (Å²) in [5.74, 6) is 2.33. The van der Waals surface area contributed by atoms with Crippen LogP contribution in [0.15, 0.2) is 85.1 Å². The minimum atomic E-state index is 0.715. The van der Waals surface area contributed by atoms with E-state index < -0.39 is 0 Å². The minimum absolute atomic E-state index is 0.715. The maximum absolute atomic E-state index is 6.04. The summed E-state index contributed by atoms with van der Waals surface area (Å²) in [4.78, 5) is 8.12. The summed E-state index contributed by atoms with van der Waals surface area (Å²) in [6.07, 6.45) is 1.73. The number of imidazole rings is 1. The average molecular weight is 427 g/mol. The predicted octanol–water partition coefficient (Wildman–Crippen LogP) is 6.89. The Morgan fingerprint density at radius 3 is 2.32 bits per heavy atom. The molecule has 0 amide bonds. The fourth-order valence-electron chi connectivity index (χ4n) is 3.46. The first-order valence-corrected chi connectivity index (χ1v) is 10.2. The van der Waals surface area contributed by atoms with Crippen LogP contribution in [0.1, 0.15) is 5.69 Å². The van der Waals surface area contributed by atoms with Crippen LogP contribution >= 0.6 is 11.6 Å². The van der Waals surface area contributed by atoms with Gasteiger partial charge in [-0.25, -0.2) is 4.98 Å². The number of aryl methyl sites for hydroxylation is 1. The zero-order chi connectivity index (χ0) is 21.2. The molecule has 0 aliphatic carbocycles.